The fourth-order valence-electron chi connectivity index (χ4n) is 3.76. The summed E-state index contributed by atoms with van der Waals surface area (Å²) in [6.45, 7) is 1.54. The lowest BCUT2D eigenvalue weighted by atomic mass is 10.1. The summed E-state index contributed by atoms with van der Waals surface area (Å²) in [6, 6.07) is 26.9. The predicted molar refractivity (Wildman–Crippen MR) is 150 cm³/mol. The number of nitrogens with zero attached hydrogens (tertiary/aromatic N) is 1. The highest BCUT2D eigenvalue weighted by atomic mass is 35.5. The highest BCUT2D eigenvalue weighted by Crippen LogP contribution is 2.36. The lowest BCUT2D eigenvalue weighted by Crippen LogP contribution is -2.38. The van der Waals surface area contributed by atoms with Crippen LogP contribution >= 0.6 is 11.6 Å². The maximum atomic E-state index is 13.6. The number of hydrogen-bond donors (Lipinski definition) is 1. The van der Waals surface area contributed by atoms with Crippen molar-refractivity contribution in [3.05, 3.63) is 108 Å². The van der Waals surface area contributed by atoms with Gasteiger partial charge in [-0.15, -0.1) is 0 Å². The van der Waals surface area contributed by atoms with Gasteiger partial charge >= 0.3 is 0 Å². The molecule has 0 bridgehead atoms. The number of rotatable bonds is 10. The van der Waals surface area contributed by atoms with Crippen molar-refractivity contribution in [3.8, 4) is 17.2 Å². The molecular weight excluding hydrogens is 524 g/mol. The minimum Gasteiger partial charge on any atom is -0.493 e. The van der Waals surface area contributed by atoms with Gasteiger partial charge in [0.25, 0.3) is 10.0 Å². The average molecular weight is 551 g/mol. The Labute approximate surface area is 227 Å². The van der Waals surface area contributed by atoms with Crippen LogP contribution in [0.15, 0.2) is 102 Å². The van der Waals surface area contributed by atoms with Crippen LogP contribution in [-0.4, -0.2) is 28.0 Å². The number of sulfonamides is 1. The van der Waals surface area contributed by atoms with Gasteiger partial charge < -0.3 is 14.8 Å². The van der Waals surface area contributed by atoms with Crippen molar-refractivity contribution in [1.82, 2.24) is 0 Å². The molecule has 1 amide bonds. The number of hydrogen-bond acceptors (Lipinski definition) is 5. The second-order valence-electron chi connectivity index (χ2n) is 8.29. The number of ether oxygens (including phenoxy) is 2. The molecule has 0 unspecified atom stereocenters. The molecule has 196 valence electrons. The van der Waals surface area contributed by atoms with Crippen LogP contribution in [0, 0.1) is 0 Å². The highest BCUT2D eigenvalue weighted by molar-refractivity contribution is 7.92. The highest BCUT2D eigenvalue weighted by Gasteiger charge is 2.27. The van der Waals surface area contributed by atoms with Gasteiger partial charge in [0.1, 0.15) is 6.54 Å². The number of methoxy groups -OCH3 is 1. The van der Waals surface area contributed by atoms with Crippen molar-refractivity contribution in [3.63, 3.8) is 0 Å². The van der Waals surface area contributed by atoms with E-state index in [1.807, 2.05) is 25.1 Å². The molecule has 0 aliphatic heterocycles. The fourth-order valence-corrected chi connectivity index (χ4v) is 5.38. The third kappa shape index (κ3) is 6.27. The summed E-state index contributed by atoms with van der Waals surface area (Å²) in [5, 5.41) is 3.13. The van der Waals surface area contributed by atoms with E-state index in [0.29, 0.717) is 28.0 Å². The Kier molecular flexibility index (Phi) is 8.55. The van der Waals surface area contributed by atoms with Crippen molar-refractivity contribution in [2.24, 2.45) is 0 Å². The molecule has 0 aliphatic rings. The van der Waals surface area contributed by atoms with Crippen LogP contribution in [0.3, 0.4) is 0 Å². The first-order chi connectivity index (χ1) is 18.3. The first kappa shape index (κ1) is 27.0. The Bertz CT molecular complexity index is 1510. The normalized spacial score (nSPS) is 11.0. The number of halogens is 1. The molecule has 0 saturated carbocycles. The summed E-state index contributed by atoms with van der Waals surface area (Å²) < 4.78 is 39.6. The van der Waals surface area contributed by atoms with Crippen molar-refractivity contribution < 1.29 is 22.7 Å². The van der Waals surface area contributed by atoms with Gasteiger partial charge in [0.15, 0.2) is 17.2 Å². The van der Waals surface area contributed by atoms with E-state index in [4.69, 9.17) is 21.1 Å². The number of carbonyl (C=O) groups is 1. The van der Waals surface area contributed by atoms with Gasteiger partial charge in [-0.2, -0.15) is 0 Å². The van der Waals surface area contributed by atoms with Gasteiger partial charge in [0.05, 0.1) is 23.4 Å². The summed E-state index contributed by atoms with van der Waals surface area (Å²) in [4.78, 5) is 13.4. The summed E-state index contributed by atoms with van der Waals surface area (Å²) >= 11 is 6.21. The standard InChI is InChI=1S/C29H27ClN2O5S/c1-3-21-13-16-23(17-14-21)32(38(34,35)24-9-5-4-6-10-24)20-29(33)31-25-19-22(30)15-18-26(25)37-28-12-8-7-11-27(28)36-2/h4-19H,3,20H2,1-2H3,(H,31,33). The minimum atomic E-state index is -4.04. The van der Waals surface area contributed by atoms with Crippen LogP contribution in [-0.2, 0) is 21.2 Å². The lowest BCUT2D eigenvalue weighted by Gasteiger charge is -2.24. The van der Waals surface area contributed by atoms with Gasteiger partial charge in [0, 0.05) is 5.02 Å². The Morgan fingerprint density at radius 2 is 1.53 bits per heavy atom. The van der Waals surface area contributed by atoms with Crippen molar-refractivity contribution in [1.29, 1.82) is 0 Å². The van der Waals surface area contributed by atoms with Crippen LogP contribution in [0.1, 0.15) is 12.5 Å². The zero-order chi connectivity index (χ0) is 27.1. The maximum absolute atomic E-state index is 13.6. The number of aryl methyl sites for hydroxylation is 1. The zero-order valence-corrected chi connectivity index (χ0v) is 22.5. The number of anilines is 2. The molecule has 4 aromatic carbocycles. The number of carbonyl (C=O) groups excluding carboxylic acids is 1. The molecule has 9 heteroatoms. The molecule has 4 aromatic rings. The third-order valence-electron chi connectivity index (χ3n) is 5.76. The van der Waals surface area contributed by atoms with Crippen LogP contribution in [0.25, 0.3) is 0 Å². The summed E-state index contributed by atoms with van der Waals surface area (Å²) in [5.41, 5.74) is 1.71. The van der Waals surface area contributed by atoms with Gasteiger partial charge in [0.2, 0.25) is 5.91 Å². The van der Waals surface area contributed by atoms with E-state index >= 15 is 0 Å². The van der Waals surface area contributed by atoms with Crippen LogP contribution in [0.5, 0.6) is 17.2 Å². The smallest absolute Gasteiger partial charge is 0.264 e. The molecule has 4 rings (SSSR count). The molecular formula is C29H27ClN2O5S. The van der Waals surface area contributed by atoms with Gasteiger partial charge in [-0.25, -0.2) is 8.42 Å². The number of nitrogens with one attached hydrogen (secondary N) is 1. The molecule has 0 heterocycles. The van der Waals surface area contributed by atoms with Gasteiger partial charge in [-0.1, -0.05) is 61.0 Å². The van der Waals surface area contributed by atoms with Gasteiger partial charge in [-0.05, 0) is 66.6 Å². The Balaban J connectivity index is 1.64. The monoisotopic (exact) mass is 550 g/mol. The topological polar surface area (TPSA) is 84.9 Å². The fraction of sp³-hybridized carbons (Fsp3) is 0.138. The molecule has 0 aliphatic carbocycles. The number of amides is 1. The minimum absolute atomic E-state index is 0.0790. The van der Waals surface area contributed by atoms with E-state index in [9.17, 15) is 13.2 Å². The molecule has 0 aromatic heterocycles. The summed E-state index contributed by atoms with van der Waals surface area (Å²) in [6.07, 6.45) is 0.802. The molecule has 0 atom stereocenters. The average Bonchev–Trinajstić information content (AvgIpc) is 2.94. The molecule has 1 N–H and O–H groups in total. The van der Waals surface area contributed by atoms with Crippen LogP contribution in [0.4, 0.5) is 11.4 Å². The third-order valence-corrected chi connectivity index (χ3v) is 7.78. The van der Waals surface area contributed by atoms with Crippen molar-refractivity contribution in [2.75, 3.05) is 23.3 Å². The van der Waals surface area contributed by atoms with Gasteiger partial charge in [-0.3, -0.25) is 9.10 Å². The zero-order valence-electron chi connectivity index (χ0n) is 20.9. The number of para-hydroxylation sites is 2. The number of benzene rings is 4. The van der Waals surface area contributed by atoms with Crippen molar-refractivity contribution in [2.45, 2.75) is 18.2 Å². The largest absolute Gasteiger partial charge is 0.493 e. The lowest BCUT2D eigenvalue weighted by molar-refractivity contribution is -0.114. The molecule has 0 saturated heterocycles. The Morgan fingerprint density at radius 1 is 0.868 bits per heavy atom. The first-order valence-electron chi connectivity index (χ1n) is 11.9. The first-order valence-corrected chi connectivity index (χ1v) is 13.7. The van der Waals surface area contributed by atoms with E-state index in [2.05, 4.69) is 5.32 Å². The summed E-state index contributed by atoms with van der Waals surface area (Å²) in [5.74, 6) is 0.695. The van der Waals surface area contributed by atoms with E-state index in [-0.39, 0.29) is 10.6 Å². The van der Waals surface area contributed by atoms with E-state index < -0.39 is 22.5 Å². The second kappa shape index (κ2) is 12.0. The molecule has 0 radical (unpaired) electrons. The molecule has 0 spiro atoms. The van der Waals surface area contributed by atoms with E-state index in [0.717, 1.165) is 16.3 Å². The van der Waals surface area contributed by atoms with Crippen molar-refractivity contribution >= 4 is 38.9 Å². The quantitative estimate of drug-likeness (QED) is 0.242. The van der Waals surface area contributed by atoms with E-state index in [1.165, 1.54) is 25.3 Å². The Hall–Kier alpha value is -4.01. The maximum Gasteiger partial charge on any atom is 0.264 e. The second-order valence-corrected chi connectivity index (χ2v) is 10.6. The molecule has 0 fully saturated rings. The summed E-state index contributed by atoms with van der Waals surface area (Å²) in [7, 11) is -2.51. The van der Waals surface area contributed by atoms with Crippen LogP contribution in [0.2, 0.25) is 5.02 Å². The predicted octanol–water partition coefficient (Wildman–Crippen LogP) is 6.54. The SMILES string of the molecule is CCc1ccc(N(CC(=O)Nc2cc(Cl)ccc2Oc2ccccc2OC)S(=O)(=O)c2ccccc2)cc1. The Morgan fingerprint density at radius 3 is 2.18 bits per heavy atom. The molecule has 38 heavy (non-hydrogen) atoms. The molecule has 7 nitrogen and oxygen atoms in total. The van der Waals surface area contributed by atoms with E-state index in [1.54, 1.807) is 60.7 Å². The van der Waals surface area contributed by atoms with Crippen LogP contribution < -0.4 is 19.1 Å².